The molecule has 5 aromatic rings. The van der Waals surface area contributed by atoms with Gasteiger partial charge in [-0.25, -0.2) is 18.8 Å². The summed E-state index contributed by atoms with van der Waals surface area (Å²) in [5, 5.41) is 5.66. The van der Waals surface area contributed by atoms with E-state index in [0.29, 0.717) is 67.3 Å². The van der Waals surface area contributed by atoms with Gasteiger partial charge in [0.25, 0.3) is 11.8 Å². The summed E-state index contributed by atoms with van der Waals surface area (Å²) >= 11 is 0. The van der Waals surface area contributed by atoms with Gasteiger partial charge < -0.3 is 68.3 Å². The number of nitrogens with zero attached hydrogens (tertiary/aromatic N) is 5. The van der Waals surface area contributed by atoms with Crippen molar-refractivity contribution in [2.75, 3.05) is 94.5 Å². The predicted molar refractivity (Wildman–Crippen MR) is 356 cm³/mol. The number of rotatable bonds is 12. The van der Waals surface area contributed by atoms with Crippen LogP contribution in [0.1, 0.15) is 79.9 Å². The van der Waals surface area contributed by atoms with E-state index in [9.17, 15) is 43.2 Å². The lowest BCUT2D eigenvalue weighted by Crippen LogP contribution is -2.57. The van der Waals surface area contributed by atoms with Crippen molar-refractivity contribution in [3.63, 3.8) is 0 Å². The number of methoxy groups -OCH3 is 2. The van der Waals surface area contributed by atoms with Crippen LogP contribution in [0.15, 0.2) is 133 Å². The van der Waals surface area contributed by atoms with Crippen molar-refractivity contribution in [1.82, 2.24) is 35.1 Å². The van der Waals surface area contributed by atoms with Crippen molar-refractivity contribution in [1.29, 1.82) is 0 Å². The van der Waals surface area contributed by atoms with Gasteiger partial charge in [-0.05, 0) is 105 Å². The lowest BCUT2D eigenvalue weighted by molar-refractivity contribution is -0.165. The molecule has 3 heterocycles. The summed E-state index contributed by atoms with van der Waals surface area (Å²) < 4.78 is 57.0. The van der Waals surface area contributed by atoms with Crippen LogP contribution in [0.3, 0.4) is 0 Å². The Balaban J connectivity index is 1.13. The number of morpholine rings is 1. The number of halogens is 1. The molecule has 2 saturated heterocycles. The molecule has 0 spiro atoms. The molecule has 25 heteroatoms. The number of piperidine rings is 1. The average Bonchev–Trinajstić information content (AvgIpc) is 0.813. The number of esters is 2. The number of aryl methyl sites for hydroxylation is 1. The Morgan fingerprint density at radius 2 is 1.31 bits per heavy atom. The van der Waals surface area contributed by atoms with Gasteiger partial charge in [0.2, 0.25) is 29.4 Å². The molecule has 7 amide bonds. The van der Waals surface area contributed by atoms with E-state index in [4.69, 9.17) is 33.2 Å². The van der Waals surface area contributed by atoms with Crippen molar-refractivity contribution in [3.8, 4) is 23.0 Å². The first-order chi connectivity index (χ1) is 47.0. The Labute approximate surface area is 569 Å². The minimum Gasteiger partial charge on any atom is -0.493 e. The van der Waals surface area contributed by atoms with Gasteiger partial charge in [-0.1, -0.05) is 97.1 Å². The average molecular weight is 1350 g/mol. The molecular formula is C73H86FN7O17. The number of likely N-dealkylation sites (N-methyl/N-ethyl adjacent to an activating group) is 3. The van der Waals surface area contributed by atoms with Crippen molar-refractivity contribution in [2.45, 2.75) is 102 Å². The lowest BCUT2D eigenvalue weighted by atomic mass is 9.87. The van der Waals surface area contributed by atoms with E-state index in [0.717, 1.165) is 26.3 Å². The molecule has 2 bridgehead atoms. The van der Waals surface area contributed by atoms with Gasteiger partial charge in [0.05, 0.1) is 39.4 Å². The highest BCUT2D eigenvalue weighted by Crippen LogP contribution is 2.35. The zero-order valence-corrected chi connectivity index (χ0v) is 56.4. The summed E-state index contributed by atoms with van der Waals surface area (Å²) in [6.45, 7) is 2.39. The van der Waals surface area contributed by atoms with Crippen molar-refractivity contribution in [3.05, 3.63) is 167 Å². The van der Waals surface area contributed by atoms with Gasteiger partial charge in [-0.15, -0.1) is 0 Å². The Kier molecular flexibility index (Phi) is 26.4. The molecule has 0 saturated carbocycles. The molecule has 8 rings (SSSR count). The van der Waals surface area contributed by atoms with Gasteiger partial charge in [-0.2, -0.15) is 0 Å². The lowest BCUT2D eigenvalue weighted by Gasteiger charge is -2.36. The topological polar surface area (TPSA) is 276 Å². The van der Waals surface area contributed by atoms with Crippen molar-refractivity contribution >= 4 is 59.3 Å². The zero-order valence-electron chi connectivity index (χ0n) is 56.4. The number of ether oxygens (including phenoxy) is 7. The summed E-state index contributed by atoms with van der Waals surface area (Å²) in [4.78, 5) is 148. The van der Waals surface area contributed by atoms with Crippen LogP contribution in [-0.2, 0) is 83.0 Å². The maximum atomic E-state index is 17.4. The zero-order chi connectivity index (χ0) is 70.5. The van der Waals surface area contributed by atoms with Crippen molar-refractivity contribution < 1.29 is 85.5 Å². The first-order valence-electron chi connectivity index (χ1n) is 32.6. The third-order valence-corrected chi connectivity index (χ3v) is 17.3. The Morgan fingerprint density at radius 3 is 1.97 bits per heavy atom. The standard InChI is InChI=1S/C73H86FN7O17/c1-73(2)47-96-64(84)26-15-16-35-77(3)68(87)54(41-48-19-10-8-11-20-48)75-62(82)45-78(4)69(88)55(42-49-21-12-9-13-22-49)76-67(86)57(43-50-27-31-52(32-28-50)97-72(91)80-37-39-94-40-38-80)79(5)63(83)46-95-60-25-18-23-53(65(60)74)58(33-29-51-30-34-59(92-6)61(44-51)93-7)98-71(90)56-24-14-17-36-81(56)70(89)66(73)85/h8-13,15,18-23,25-28,30-32,34,44,54-58H,14,16-17,24,29,33,35-43,45-47H2,1-7H3,(H,75,82)(H,76,86)/b26-15+/t54-,55-,56+,57+,58-/m1/s1. The van der Waals surface area contributed by atoms with Gasteiger partial charge in [0.15, 0.2) is 29.7 Å². The Morgan fingerprint density at radius 1 is 0.673 bits per heavy atom. The third-order valence-electron chi connectivity index (χ3n) is 17.3. The van der Waals surface area contributed by atoms with Gasteiger partial charge in [0, 0.05) is 78.2 Å². The molecule has 0 radical (unpaired) electrons. The second kappa shape index (κ2) is 35.2. The number of amides is 7. The smallest absolute Gasteiger partial charge is 0.415 e. The minimum absolute atomic E-state index is 0.00112. The number of Topliss-reactive ketones (excluding diaryl/α,β-unsaturated/α-hetero) is 1. The SMILES string of the molecule is COc1ccc(CC[C@H]2OC(=O)[C@@H]3CCCCN3C(=O)C(=O)C(C)(C)COC(=O)/C=C/CCN(C)C(=O)[C@@H](Cc3ccccc3)NC(=O)CN(C)C(=O)[C@@H](Cc3ccccc3)NC(=O)[C@H](Cc3ccc(OC(=O)N4CCOCC4)cc3)N(C)C(=O)COc3cccc2c3F)cc1OC. The first-order valence-corrected chi connectivity index (χ1v) is 32.6. The second-order valence-corrected chi connectivity index (χ2v) is 25.0. The largest absolute Gasteiger partial charge is 0.493 e. The van der Waals surface area contributed by atoms with E-state index < -0.39 is 126 Å². The molecule has 522 valence electrons. The van der Waals surface area contributed by atoms with E-state index in [1.165, 1.54) is 95.4 Å². The van der Waals surface area contributed by atoms with E-state index in [2.05, 4.69) is 10.6 Å². The summed E-state index contributed by atoms with van der Waals surface area (Å²) in [6, 6.07) is 28.1. The van der Waals surface area contributed by atoms with Crippen LogP contribution in [0.2, 0.25) is 0 Å². The molecule has 3 aliphatic heterocycles. The fourth-order valence-corrected chi connectivity index (χ4v) is 11.6. The number of hydrogen-bond acceptors (Lipinski definition) is 17. The van der Waals surface area contributed by atoms with E-state index in [1.807, 2.05) is 0 Å². The quantitative estimate of drug-likeness (QED) is 0.104. The molecular weight excluding hydrogens is 1270 g/mol. The maximum Gasteiger partial charge on any atom is 0.415 e. The van der Waals surface area contributed by atoms with E-state index in [1.54, 1.807) is 91.0 Å². The molecule has 0 aliphatic carbocycles. The Hall–Kier alpha value is -10.2. The molecule has 98 heavy (non-hydrogen) atoms. The van der Waals surface area contributed by atoms with Gasteiger partial charge in [-0.3, -0.25) is 33.6 Å². The Bertz CT molecular complexity index is 3660. The van der Waals surface area contributed by atoms with Gasteiger partial charge in [0.1, 0.15) is 42.6 Å². The van der Waals surface area contributed by atoms with Crippen LogP contribution in [0.4, 0.5) is 9.18 Å². The van der Waals surface area contributed by atoms with E-state index >= 15 is 9.18 Å². The number of carbonyl (C=O) groups excluding carboxylic acids is 10. The number of carbonyl (C=O) groups is 10. The molecule has 24 nitrogen and oxygen atoms in total. The fourth-order valence-electron chi connectivity index (χ4n) is 11.6. The summed E-state index contributed by atoms with van der Waals surface area (Å²) in [7, 11) is 7.20. The van der Waals surface area contributed by atoms with Crippen LogP contribution in [0.5, 0.6) is 23.0 Å². The second-order valence-electron chi connectivity index (χ2n) is 25.0. The predicted octanol–water partition coefficient (Wildman–Crippen LogP) is 6.19. The van der Waals surface area contributed by atoms with Crippen LogP contribution < -0.4 is 29.6 Å². The van der Waals surface area contributed by atoms with Crippen LogP contribution in [0.25, 0.3) is 0 Å². The summed E-state index contributed by atoms with van der Waals surface area (Å²) in [5.41, 5.74) is 0.793. The number of ketones is 1. The summed E-state index contributed by atoms with van der Waals surface area (Å²) in [6.07, 6.45) is 1.77. The number of hydrogen-bond donors (Lipinski definition) is 2. The van der Waals surface area contributed by atoms with E-state index in [-0.39, 0.29) is 69.3 Å². The van der Waals surface area contributed by atoms with Crippen molar-refractivity contribution in [2.24, 2.45) is 5.41 Å². The van der Waals surface area contributed by atoms with Crippen LogP contribution >= 0.6 is 0 Å². The number of fused-ring (bicyclic) bond motifs is 3. The third kappa shape index (κ3) is 20.2. The number of nitrogens with one attached hydrogen (secondary N) is 2. The van der Waals surface area contributed by atoms with Crippen LogP contribution in [-0.4, -0.2) is 202 Å². The monoisotopic (exact) mass is 1350 g/mol. The fraction of sp³-hybridized carbons (Fsp3) is 0.425. The molecule has 0 unspecified atom stereocenters. The molecule has 5 aromatic carbocycles. The number of benzene rings is 5. The normalized spacial score (nSPS) is 21.5. The maximum absolute atomic E-state index is 17.4. The summed E-state index contributed by atoms with van der Waals surface area (Å²) in [5.74, 6) is -7.62. The number of cyclic esters (lactones) is 2. The highest BCUT2D eigenvalue weighted by Gasteiger charge is 2.43. The van der Waals surface area contributed by atoms with Crippen LogP contribution in [0, 0.1) is 11.2 Å². The molecule has 5 atom stereocenters. The van der Waals surface area contributed by atoms with Gasteiger partial charge >= 0.3 is 18.0 Å². The highest BCUT2D eigenvalue weighted by atomic mass is 19.1. The molecule has 2 fully saturated rings. The molecule has 2 N–H and O–H groups in total. The first kappa shape index (κ1) is 73.6. The minimum atomic E-state index is -1.58. The highest BCUT2D eigenvalue weighted by molar-refractivity contribution is 6.38. The molecule has 0 aromatic heterocycles. The molecule has 3 aliphatic rings.